The highest BCUT2D eigenvalue weighted by Crippen LogP contribution is 2.50. The van der Waals surface area contributed by atoms with Crippen molar-refractivity contribution < 1.29 is 19.4 Å². The van der Waals surface area contributed by atoms with E-state index in [1.807, 2.05) is 24.3 Å². The average Bonchev–Trinajstić information content (AvgIpc) is 3.32. The SMILES string of the molecule is COc1ccccc1[C@@H]1C[C@@H]1C(=O)NC[C@@H](O)COCC(C)C. The molecular formula is C18H27NO4. The van der Waals surface area contributed by atoms with Crippen LogP contribution < -0.4 is 10.1 Å². The minimum absolute atomic E-state index is 0.0104. The number of methoxy groups -OCH3 is 1. The molecule has 0 unspecified atom stereocenters. The molecule has 2 N–H and O–H groups in total. The van der Waals surface area contributed by atoms with Gasteiger partial charge in [-0.15, -0.1) is 0 Å². The number of rotatable bonds is 9. The van der Waals surface area contributed by atoms with Crippen molar-refractivity contribution in [3.63, 3.8) is 0 Å². The molecule has 1 aromatic carbocycles. The second-order valence-electron chi connectivity index (χ2n) is 6.52. The molecule has 0 aromatic heterocycles. The lowest BCUT2D eigenvalue weighted by Gasteiger charge is -2.13. The third-order valence-corrected chi connectivity index (χ3v) is 3.94. The Labute approximate surface area is 138 Å². The number of benzene rings is 1. The van der Waals surface area contributed by atoms with E-state index < -0.39 is 6.10 Å². The summed E-state index contributed by atoms with van der Waals surface area (Å²) in [6, 6.07) is 7.80. The van der Waals surface area contributed by atoms with Gasteiger partial charge in [-0.2, -0.15) is 0 Å². The predicted molar refractivity (Wildman–Crippen MR) is 88.5 cm³/mol. The molecule has 1 aliphatic carbocycles. The van der Waals surface area contributed by atoms with Crippen molar-refractivity contribution in [2.24, 2.45) is 11.8 Å². The molecule has 3 atom stereocenters. The zero-order valence-corrected chi connectivity index (χ0v) is 14.1. The van der Waals surface area contributed by atoms with Gasteiger partial charge in [-0.3, -0.25) is 4.79 Å². The van der Waals surface area contributed by atoms with Gasteiger partial charge in [-0.1, -0.05) is 32.0 Å². The van der Waals surface area contributed by atoms with E-state index in [9.17, 15) is 9.90 Å². The lowest BCUT2D eigenvalue weighted by molar-refractivity contribution is -0.123. The standard InChI is InChI=1S/C18H27NO4/c1-12(2)10-23-11-13(20)9-19-18(21)16-8-15(16)14-6-4-5-7-17(14)22-3/h4-7,12-13,15-16,20H,8-11H2,1-3H3,(H,19,21)/t13-,15+,16+/m1/s1. The van der Waals surface area contributed by atoms with Gasteiger partial charge in [0.1, 0.15) is 5.75 Å². The average molecular weight is 321 g/mol. The smallest absolute Gasteiger partial charge is 0.223 e. The Kier molecular flexibility index (Phi) is 6.42. The summed E-state index contributed by atoms with van der Waals surface area (Å²) in [5.41, 5.74) is 1.08. The largest absolute Gasteiger partial charge is 0.496 e. The van der Waals surface area contributed by atoms with Crippen LogP contribution in [0.25, 0.3) is 0 Å². The second kappa shape index (κ2) is 8.31. The molecule has 0 spiro atoms. The number of nitrogens with one attached hydrogen (secondary N) is 1. The fraction of sp³-hybridized carbons (Fsp3) is 0.611. The summed E-state index contributed by atoms with van der Waals surface area (Å²) in [6.07, 6.45) is 0.160. The van der Waals surface area contributed by atoms with Crippen molar-refractivity contribution in [3.05, 3.63) is 29.8 Å². The molecule has 0 heterocycles. The molecule has 1 saturated carbocycles. The first kappa shape index (κ1) is 17.8. The number of aliphatic hydroxyl groups is 1. The maximum atomic E-state index is 12.2. The first-order valence-corrected chi connectivity index (χ1v) is 8.19. The number of hydrogen-bond acceptors (Lipinski definition) is 4. The van der Waals surface area contributed by atoms with E-state index in [0.717, 1.165) is 17.7 Å². The number of hydrogen-bond donors (Lipinski definition) is 2. The van der Waals surface area contributed by atoms with Gasteiger partial charge in [0.15, 0.2) is 0 Å². The molecule has 5 nitrogen and oxygen atoms in total. The number of ether oxygens (including phenoxy) is 2. The van der Waals surface area contributed by atoms with Crippen molar-refractivity contribution in [1.82, 2.24) is 5.32 Å². The van der Waals surface area contributed by atoms with Crippen molar-refractivity contribution >= 4 is 5.91 Å². The zero-order chi connectivity index (χ0) is 16.8. The minimum Gasteiger partial charge on any atom is -0.496 e. The van der Waals surface area contributed by atoms with Crippen LogP contribution in [0.3, 0.4) is 0 Å². The monoisotopic (exact) mass is 321 g/mol. The van der Waals surface area contributed by atoms with Crippen LogP contribution in [0.1, 0.15) is 31.7 Å². The summed E-state index contributed by atoms with van der Waals surface area (Å²) in [4.78, 5) is 12.2. The Morgan fingerprint density at radius 2 is 2.09 bits per heavy atom. The zero-order valence-electron chi connectivity index (χ0n) is 14.1. The third-order valence-electron chi connectivity index (χ3n) is 3.94. The van der Waals surface area contributed by atoms with Gasteiger partial charge in [0.05, 0.1) is 19.8 Å². The predicted octanol–water partition coefficient (Wildman–Crippen LogP) is 1.95. The first-order chi connectivity index (χ1) is 11.0. The van der Waals surface area contributed by atoms with E-state index >= 15 is 0 Å². The highest BCUT2D eigenvalue weighted by molar-refractivity contribution is 5.83. The fourth-order valence-electron chi connectivity index (χ4n) is 2.65. The van der Waals surface area contributed by atoms with Gasteiger partial charge in [0, 0.05) is 19.1 Å². The molecule has 5 heteroatoms. The third kappa shape index (κ3) is 5.22. The molecule has 2 rings (SSSR count). The number of amides is 1. The van der Waals surface area contributed by atoms with Crippen molar-refractivity contribution in [2.45, 2.75) is 32.3 Å². The molecule has 0 aliphatic heterocycles. The number of aliphatic hydroxyl groups excluding tert-OH is 1. The normalized spacial score (nSPS) is 21.1. The molecule has 23 heavy (non-hydrogen) atoms. The second-order valence-corrected chi connectivity index (χ2v) is 6.52. The molecule has 1 amide bonds. The topological polar surface area (TPSA) is 67.8 Å². The molecule has 0 bridgehead atoms. The van der Waals surface area contributed by atoms with Crippen LogP contribution >= 0.6 is 0 Å². The van der Waals surface area contributed by atoms with E-state index in [-0.39, 0.29) is 30.9 Å². The lowest BCUT2D eigenvalue weighted by Crippen LogP contribution is -2.35. The van der Waals surface area contributed by atoms with E-state index in [4.69, 9.17) is 9.47 Å². The van der Waals surface area contributed by atoms with Crippen molar-refractivity contribution in [2.75, 3.05) is 26.9 Å². The van der Waals surface area contributed by atoms with Crippen molar-refractivity contribution in [1.29, 1.82) is 0 Å². The minimum atomic E-state index is -0.666. The van der Waals surface area contributed by atoms with E-state index in [0.29, 0.717) is 12.5 Å². The molecule has 1 aromatic rings. The van der Waals surface area contributed by atoms with Gasteiger partial charge >= 0.3 is 0 Å². The summed E-state index contributed by atoms with van der Waals surface area (Å²) < 4.78 is 10.7. The highest BCUT2D eigenvalue weighted by atomic mass is 16.5. The number of carbonyl (C=O) groups is 1. The summed E-state index contributed by atoms with van der Waals surface area (Å²) in [5.74, 6) is 1.43. The van der Waals surface area contributed by atoms with Crippen LogP contribution in [0, 0.1) is 11.8 Å². The molecule has 1 aliphatic rings. The maximum Gasteiger partial charge on any atom is 0.223 e. The fourth-order valence-corrected chi connectivity index (χ4v) is 2.65. The van der Waals surface area contributed by atoms with Crippen LogP contribution in [-0.4, -0.2) is 44.0 Å². The Morgan fingerprint density at radius 1 is 1.35 bits per heavy atom. The van der Waals surface area contributed by atoms with Crippen LogP contribution in [0.4, 0.5) is 0 Å². The Bertz CT molecular complexity index is 517. The molecule has 0 radical (unpaired) electrons. The van der Waals surface area contributed by atoms with Crippen LogP contribution in [0.2, 0.25) is 0 Å². The maximum absolute atomic E-state index is 12.2. The van der Waals surface area contributed by atoms with Gasteiger partial charge in [-0.25, -0.2) is 0 Å². The lowest BCUT2D eigenvalue weighted by atomic mass is 10.1. The first-order valence-electron chi connectivity index (χ1n) is 8.19. The van der Waals surface area contributed by atoms with Gasteiger partial charge in [0.2, 0.25) is 5.91 Å². The van der Waals surface area contributed by atoms with E-state index in [1.165, 1.54) is 0 Å². The summed E-state index contributed by atoms with van der Waals surface area (Å²) >= 11 is 0. The number of para-hydroxylation sites is 1. The van der Waals surface area contributed by atoms with E-state index in [1.54, 1.807) is 7.11 Å². The quantitative estimate of drug-likeness (QED) is 0.729. The van der Waals surface area contributed by atoms with Crippen LogP contribution in [0.15, 0.2) is 24.3 Å². The van der Waals surface area contributed by atoms with Crippen molar-refractivity contribution in [3.8, 4) is 5.75 Å². The van der Waals surface area contributed by atoms with Crippen LogP contribution in [-0.2, 0) is 9.53 Å². The van der Waals surface area contributed by atoms with Gasteiger partial charge < -0.3 is 19.9 Å². The summed E-state index contributed by atoms with van der Waals surface area (Å²) in [7, 11) is 1.64. The molecule has 1 fully saturated rings. The highest BCUT2D eigenvalue weighted by Gasteiger charge is 2.45. The van der Waals surface area contributed by atoms with E-state index in [2.05, 4.69) is 19.2 Å². The molecule has 0 saturated heterocycles. The number of carbonyl (C=O) groups excluding carboxylic acids is 1. The Morgan fingerprint density at radius 3 is 2.78 bits per heavy atom. The summed E-state index contributed by atoms with van der Waals surface area (Å²) in [5, 5.41) is 12.6. The summed E-state index contributed by atoms with van der Waals surface area (Å²) in [6.45, 7) is 5.20. The van der Waals surface area contributed by atoms with Crippen LogP contribution in [0.5, 0.6) is 5.75 Å². The Balaban J connectivity index is 1.73. The molecular weight excluding hydrogens is 294 g/mol. The molecule has 128 valence electrons. The van der Waals surface area contributed by atoms with Gasteiger partial charge in [-0.05, 0) is 29.9 Å². The van der Waals surface area contributed by atoms with Gasteiger partial charge in [0.25, 0.3) is 0 Å². The Hall–Kier alpha value is -1.59.